The third-order valence-corrected chi connectivity index (χ3v) is 4.99. The molecule has 0 heterocycles. The zero-order valence-electron chi connectivity index (χ0n) is 11.4. The molecule has 1 aromatic rings. The quantitative estimate of drug-likeness (QED) is 0.723. The van der Waals surface area contributed by atoms with Crippen molar-refractivity contribution in [2.75, 3.05) is 13.2 Å². The molecule has 0 aromatic heterocycles. The van der Waals surface area contributed by atoms with Crippen LogP contribution in [0.4, 0.5) is 0 Å². The molecular weight excluding hydrogens is 341 g/mol. The van der Waals surface area contributed by atoms with Crippen LogP contribution in [0.1, 0.15) is 24.2 Å². The number of hydrogen-bond acceptors (Lipinski definition) is 4. The Labute approximate surface area is 132 Å². The Kier molecular flexibility index (Phi) is 5.63. The van der Waals surface area contributed by atoms with Gasteiger partial charge in [0.05, 0.1) is 15.6 Å². The Morgan fingerprint density at radius 2 is 1.90 bits per heavy atom. The Balaban J connectivity index is 3.22. The average Bonchev–Trinajstić information content (AvgIpc) is 2.36. The van der Waals surface area contributed by atoms with Crippen molar-refractivity contribution in [3.05, 3.63) is 27.7 Å². The van der Waals surface area contributed by atoms with Gasteiger partial charge in [-0.15, -0.1) is 0 Å². The van der Waals surface area contributed by atoms with Gasteiger partial charge in [0.25, 0.3) is 0 Å². The summed E-state index contributed by atoms with van der Waals surface area (Å²) in [5.74, 6) is -1.42. The number of sulfonamides is 1. The molecule has 0 spiro atoms. The predicted molar refractivity (Wildman–Crippen MR) is 79.5 cm³/mol. The van der Waals surface area contributed by atoms with Crippen LogP contribution < -0.4 is 4.72 Å². The van der Waals surface area contributed by atoms with Crippen LogP contribution in [0.2, 0.25) is 10.0 Å². The first-order valence-electron chi connectivity index (χ1n) is 5.83. The molecule has 0 atom stereocenters. The fourth-order valence-electron chi connectivity index (χ4n) is 1.36. The molecule has 118 valence electrons. The summed E-state index contributed by atoms with van der Waals surface area (Å²) in [4.78, 5) is 10.7. The van der Waals surface area contributed by atoms with E-state index < -0.39 is 32.0 Å². The van der Waals surface area contributed by atoms with E-state index in [1.54, 1.807) is 13.8 Å². The van der Waals surface area contributed by atoms with E-state index in [1.165, 1.54) is 0 Å². The Hall–Kier alpha value is -0.860. The Morgan fingerprint density at radius 1 is 1.33 bits per heavy atom. The predicted octanol–water partition coefficient (Wildman–Crippen LogP) is 1.99. The zero-order chi connectivity index (χ0) is 16.4. The van der Waals surface area contributed by atoms with Crippen molar-refractivity contribution in [2.45, 2.75) is 18.7 Å². The van der Waals surface area contributed by atoms with Crippen molar-refractivity contribution in [2.24, 2.45) is 5.41 Å². The highest BCUT2D eigenvalue weighted by atomic mass is 35.5. The van der Waals surface area contributed by atoms with E-state index in [0.717, 1.165) is 12.1 Å². The van der Waals surface area contributed by atoms with Crippen molar-refractivity contribution in [1.82, 2.24) is 4.72 Å². The lowest BCUT2D eigenvalue weighted by atomic mass is 9.96. The van der Waals surface area contributed by atoms with Crippen LogP contribution in [0.3, 0.4) is 0 Å². The maximum atomic E-state index is 12.2. The molecule has 0 saturated heterocycles. The minimum absolute atomic E-state index is 0.0345. The summed E-state index contributed by atoms with van der Waals surface area (Å²) in [5.41, 5.74) is -1.13. The largest absolute Gasteiger partial charge is 0.478 e. The third-order valence-electron chi connectivity index (χ3n) is 2.73. The van der Waals surface area contributed by atoms with Crippen LogP contribution in [-0.2, 0) is 10.0 Å². The van der Waals surface area contributed by atoms with Gasteiger partial charge in [-0.1, -0.05) is 37.0 Å². The molecule has 1 rings (SSSR count). The molecule has 0 fully saturated rings. The highest BCUT2D eigenvalue weighted by molar-refractivity contribution is 7.89. The standard InChI is InChI=1S/C12H15Cl2NO5S/c1-12(2,6-16)5-15-21(19,20)8-4-3-7(13)9(10(8)14)11(17)18/h3-4,15-16H,5-6H2,1-2H3,(H,17,18). The van der Waals surface area contributed by atoms with Crippen molar-refractivity contribution in [1.29, 1.82) is 0 Å². The summed E-state index contributed by atoms with van der Waals surface area (Å²) in [6, 6.07) is 2.29. The number of aliphatic hydroxyl groups excluding tert-OH is 1. The van der Waals surface area contributed by atoms with Crippen LogP contribution in [0.5, 0.6) is 0 Å². The molecule has 0 aliphatic heterocycles. The lowest BCUT2D eigenvalue weighted by Crippen LogP contribution is -2.36. The summed E-state index contributed by atoms with van der Waals surface area (Å²) in [6.07, 6.45) is 0. The van der Waals surface area contributed by atoms with Crippen LogP contribution in [0, 0.1) is 5.41 Å². The van der Waals surface area contributed by atoms with Crippen LogP contribution >= 0.6 is 23.2 Å². The number of nitrogens with one attached hydrogen (secondary N) is 1. The molecule has 0 unspecified atom stereocenters. The second kappa shape index (κ2) is 6.50. The van der Waals surface area contributed by atoms with E-state index in [1.807, 2.05) is 0 Å². The number of aromatic carboxylic acids is 1. The van der Waals surface area contributed by atoms with Crippen molar-refractivity contribution in [3.8, 4) is 0 Å². The van der Waals surface area contributed by atoms with Gasteiger partial charge in [0.2, 0.25) is 10.0 Å². The van der Waals surface area contributed by atoms with E-state index in [4.69, 9.17) is 33.4 Å². The van der Waals surface area contributed by atoms with E-state index in [-0.39, 0.29) is 23.1 Å². The van der Waals surface area contributed by atoms with Gasteiger partial charge in [-0.2, -0.15) is 0 Å². The Bertz CT molecular complexity index is 658. The summed E-state index contributed by atoms with van der Waals surface area (Å²) in [5, 5.41) is 17.5. The molecule has 0 saturated carbocycles. The number of hydrogen-bond donors (Lipinski definition) is 3. The smallest absolute Gasteiger partial charge is 0.338 e. The molecule has 0 aliphatic carbocycles. The van der Waals surface area contributed by atoms with Crippen LogP contribution in [0.25, 0.3) is 0 Å². The van der Waals surface area contributed by atoms with E-state index >= 15 is 0 Å². The van der Waals surface area contributed by atoms with Crippen molar-refractivity contribution >= 4 is 39.2 Å². The van der Waals surface area contributed by atoms with Crippen molar-refractivity contribution in [3.63, 3.8) is 0 Å². The molecule has 0 radical (unpaired) electrons. The first kappa shape index (κ1) is 18.2. The molecule has 0 bridgehead atoms. The minimum Gasteiger partial charge on any atom is -0.478 e. The van der Waals surface area contributed by atoms with E-state index in [2.05, 4.69) is 4.72 Å². The maximum absolute atomic E-state index is 12.2. The van der Waals surface area contributed by atoms with Gasteiger partial charge >= 0.3 is 5.97 Å². The topological polar surface area (TPSA) is 104 Å². The average molecular weight is 356 g/mol. The van der Waals surface area contributed by atoms with E-state index in [0.29, 0.717) is 0 Å². The van der Waals surface area contributed by atoms with E-state index in [9.17, 15) is 13.2 Å². The molecule has 0 amide bonds. The highest BCUT2D eigenvalue weighted by Crippen LogP contribution is 2.31. The van der Waals surface area contributed by atoms with Crippen molar-refractivity contribution < 1.29 is 23.4 Å². The lowest BCUT2D eigenvalue weighted by molar-refractivity contribution is 0.0697. The molecule has 6 nitrogen and oxygen atoms in total. The van der Waals surface area contributed by atoms with Gasteiger partial charge in [-0.05, 0) is 12.1 Å². The number of halogens is 2. The molecule has 3 N–H and O–H groups in total. The molecule has 1 aromatic carbocycles. The number of carboxylic acid groups (broad SMARTS) is 1. The normalized spacial score (nSPS) is 12.4. The summed E-state index contributed by atoms with van der Waals surface area (Å²) in [7, 11) is -4.02. The third kappa shape index (κ3) is 4.31. The molecule has 21 heavy (non-hydrogen) atoms. The maximum Gasteiger partial charge on any atom is 0.338 e. The monoisotopic (exact) mass is 355 g/mol. The highest BCUT2D eigenvalue weighted by Gasteiger charge is 2.27. The summed E-state index contributed by atoms with van der Waals surface area (Å²) >= 11 is 11.5. The molecular formula is C12H15Cl2NO5S. The zero-order valence-corrected chi connectivity index (χ0v) is 13.7. The number of carbonyl (C=O) groups is 1. The second-order valence-electron chi connectivity index (χ2n) is 5.19. The first-order valence-corrected chi connectivity index (χ1v) is 8.07. The van der Waals surface area contributed by atoms with Gasteiger partial charge in [-0.3, -0.25) is 0 Å². The lowest BCUT2D eigenvalue weighted by Gasteiger charge is -2.22. The fraction of sp³-hybridized carbons (Fsp3) is 0.417. The fourth-order valence-corrected chi connectivity index (χ4v) is 3.52. The minimum atomic E-state index is -4.02. The number of aliphatic hydroxyl groups is 1. The molecule has 9 heteroatoms. The van der Waals surface area contributed by atoms with Gasteiger partial charge in [0.15, 0.2) is 0 Å². The summed E-state index contributed by atoms with van der Waals surface area (Å²) < 4.78 is 26.7. The number of carboxylic acids is 1. The number of rotatable bonds is 6. The molecule has 0 aliphatic rings. The second-order valence-corrected chi connectivity index (χ2v) is 7.71. The van der Waals surface area contributed by atoms with Gasteiger partial charge in [-0.25, -0.2) is 17.9 Å². The number of benzene rings is 1. The summed E-state index contributed by atoms with van der Waals surface area (Å²) in [6.45, 7) is 3.08. The SMILES string of the molecule is CC(C)(CO)CNS(=O)(=O)c1ccc(Cl)c(C(=O)O)c1Cl. The van der Waals surface area contributed by atoms with Gasteiger partial charge in [0, 0.05) is 18.6 Å². The first-order chi connectivity index (χ1) is 9.52. The van der Waals surface area contributed by atoms with Gasteiger partial charge < -0.3 is 10.2 Å². The van der Waals surface area contributed by atoms with Crippen LogP contribution in [-0.4, -0.2) is 37.8 Å². The van der Waals surface area contributed by atoms with Gasteiger partial charge in [0.1, 0.15) is 4.90 Å². The van der Waals surface area contributed by atoms with Crippen LogP contribution in [0.15, 0.2) is 17.0 Å². The Morgan fingerprint density at radius 3 is 2.38 bits per heavy atom.